The van der Waals surface area contributed by atoms with Crippen LogP contribution in [0.2, 0.25) is 0 Å². The molecule has 104 valence electrons. The second-order valence-corrected chi connectivity index (χ2v) is 5.99. The first-order valence-electron chi connectivity index (χ1n) is 6.51. The highest BCUT2D eigenvalue weighted by molar-refractivity contribution is 9.10. The molecule has 0 aliphatic rings. The van der Waals surface area contributed by atoms with E-state index in [4.69, 9.17) is 16.3 Å². The normalized spacial score (nSPS) is 13.1. The number of alkyl halides is 1. The van der Waals surface area contributed by atoms with Crippen LogP contribution in [0, 0.1) is 0 Å². The fourth-order valence-electron chi connectivity index (χ4n) is 2.12. The predicted molar refractivity (Wildman–Crippen MR) is 82.8 cm³/mol. The lowest BCUT2D eigenvalue weighted by atomic mass is 10.3. The summed E-state index contributed by atoms with van der Waals surface area (Å²) in [5.41, 5.74) is 2.11. The van der Waals surface area contributed by atoms with Crippen LogP contribution in [0.5, 0.6) is 0 Å². The van der Waals surface area contributed by atoms with Gasteiger partial charge in [0.2, 0.25) is 0 Å². The van der Waals surface area contributed by atoms with E-state index in [0.29, 0.717) is 0 Å². The molecular formula is C14H18BrClN2O. The molecule has 0 spiro atoms. The van der Waals surface area contributed by atoms with Crippen LogP contribution in [0.1, 0.15) is 31.5 Å². The lowest BCUT2D eigenvalue weighted by Gasteiger charge is -2.10. The molecule has 0 radical (unpaired) electrons. The second kappa shape index (κ2) is 6.73. The van der Waals surface area contributed by atoms with Gasteiger partial charge in [-0.2, -0.15) is 0 Å². The summed E-state index contributed by atoms with van der Waals surface area (Å²) in [5.74, 6) is 0.922. The van der Waals surface area contributed by atoms with Crippen molar-refractivity contribution in [1.29, 1.82) is 0 Å². The zero-order chi connectivity index (χ0) is 13.8. The first-order chi connectivity index (χ1) is 9.13. The molecule has 1 atom stereocenters. The maximum absolute atomic E-state index is 6.23. The molecule has 0 amide bonds. The number of ether oxygens (including phenoxy) is 1. The maximum Gasteiger partial charge on any atom is 0.127 e. The second-order valence-electron chi connectivity index (χ2n) is 4.42. The van der Waals surface area contributed by atoms with Crippen LogP contribution in [0.4, 0.5) is 0 Å². The maximum atomic E-state index is 6.23. The summed E-state index contributed by atoms with van der Waals surface area (Å²) in [6.07, 6.45) is 0.961. The molecule has 0 bridgehead atoms. The molecule has 1 aromatic heterocycles. The van der Waals surface area contributed by atoms with Crippen LogP contribution in [0.3, 0.4) is 0 Å². The number of hydrogen-bond donors (Lipinski definition) is 0. The van der Waals surface area contributed by atoms with Gasteiger partial charge in [0.1, 0.15) is 5.82 Å². The van der Waals surface area contributed by atoms with Gasteiger partial charge in [-0.1, -0.05) is 15.9 Å². The minimum absolute atomic E-state index is 0.0988. The van der Waals surface area contributed by atoms with Crippen molar-refractivity contribution in [2.24, 2.45) is 0 Å². The fraction of sp³-hybridized carbons (Fsp3) is 0.500. The molecule has 0 aliphatic carbocycles. The molecule has 1 unspecified atom stereocenters. The van der Waals surface area contributed by atoms with E-state index in [9.17, 15) is 0 Å². The van der Waals surface area contributed by atoms with Crippen molar-refractivity contribution in [1.82, 2.24) is 9.55 Å². The highest BCUT2D eigenvalue weighted by Gasteiger charge is 2.14. The van der Waals surface area contributed by atoms with Crippen LogP contribution in [0.25, 0.3) is 11.0 Å². The third-order valence-corrected chi connectivity index (χ3v) is 3.66. The SMILES string of the molecule is CCOCCCn1c(C(C)Cl)nc2ccc(Br)cc21. The van der Waals surface area contributed by atoms with Gasteiger partial charge in [0.15, 0.2) is 0 Å². The van der Waals surface area contributed by atoms with Gasteiger partial charge in [0.25, 0.3) is 0 Å². The Morgan fingerprint density at radius 1 is 1.47 bits per heavy atom. The number of hydrogen-bond acceptors (Lipinski definition) is 2. The topological polar surface area (TPSA) is 27.1 Å². The minimum Gasteiger partial charge on any atom is -0.382 e. The molecule has 0 saturated heterocycles. The Labute approximate surface area is 127 Å². The highest BCUT2D eigenvalue weighted by Crippen LogP contribution is 2.26. The Morgan fingerprint density at radius 2 is 2.26 bits per heavy atom. The number of nitrogens with zero attached hydrogens (tertiary/aromatic N) is 2. The van der Waals surface area contributed by atoms with E-state index >= 15 is 0 Å². The van der Waals surface area contributed by atoms with Gasteiger partial charge in [-0.15, -0.1) is 11.6 Å². The van der Waals surface area contributed by atoms with Crippen molar-refractivity contribution in [2.45, 2.75) is 32.2 Å². The molecule has 1 aromatic carbocycles. The van der Waals surface area contributed by atoms with Crippen LogP contribution in [-0.4, -0.2) is 22.8 Å². The van der Waals surface area contributed by atoms with Crippen molar-refractivity contribution >= 4 is 38.6 Å². The molecule has 0 N–H and O–H groups in total. The van der Waals surface area contributed by atoms with E-state index in [1.54, 1.807) is 0 Å². The van der Waals surface area contributed by atoms with Crippen molar-refractivity contribution in [3.63, 3.8) is 0 Å². The average molecular weight is 346 g/mol. The molecule has 2 rings (SSSR count). The summed E-state index contributed by atoms with van der Waals surface area (Å²) >= 11 is 9.74. The van der Waals surface area contributed by atoms with Crippen molar-refractivity contribution in [3.05, 3.63) is 28.5 Å². The fourth-order valence-corrected chi connectivity index (χ4v) is 2.64. The van der Waals surface area contributed by atoms with Gasteiger partial charge in [0.05, 0.1) is 16.4 Å². The van der Waals surface area contributed by atoms with E-state index in [2.05, 4.69) is 31.5 Å². The van der Waals surface area contributed by atoms with Crippen LogP contribution < -0.4 is 0 Å². The van der Waals surface area contributed by atoms with Crippen molar-refractivity contribution in [2.75, 3.05) is 13.2 Å². The lowest BCUT2D eigenvalue weighted by molar-refractivity contribution is 0.141. The number of halogens is 2. The van der Waals surface area contributed by atoms with E-state index in [-0.39, 0.29) is 5.38 Å². The van der Waals surface area contributed by atoms with Gasteiger partial charge in [-0.25, -0.2) is 4.98 Å². The van der Waals surface area contributed by atoms with Crippen molar-refractivity contribution in [3.8, 4) is 0 Å². The molecule has 3 nitrogen and oxygen atoms in total. The number of rotatable bonds is 6. The standard InChI is InChI=1S/C14H18BrClN2O/c1-3-19-8-4-7-18-13-9-11(15)5-6-12(13)17-14(18)10(2)16/h5-6,9-10H,3-4,7-8H2,1-2H3. The third kappa shape index (κ3) is 3.50. The van der Waals surface area contributed by atoms with Crippen LogP contribution in [0.15, 0.2) is 22.7 Å². The summed E-state index contributed by atoms with van der Waals surface area (Å²) in [6, 6.07) is 6.11. The molecule has 1 heterocycles. The summed E-state index contributed by atoms with van der Waals surface area (Å²) in [6.45, 7) is 6.36. The Bertz CT molecular complexity index is 554. The molecule has 0 aliphatic heterocycles. The molecule has 5 heteroatoms. The summed E-state index contributed by atoms with van der Waals surface area (Å²) in [5, 5.41) is -0.0988. The Morgan fingerprint density at radius 3 is 2.95 bits per heavy atom. The van der Waals surface area contributed by atoms with Gasteiger partial charge < -0.3 is 9.30 Å². The summed E-state index contributed by atoms with van der Waals surface area (Å²) < 4.78 is 8.64. The van der Waals surface area contributed by atoms with E-state index in [1.165, 1.54) is 0 Å². The predicted octanol–water partition coefficient (Wildman–Crippen LogP) is 4.53. The third-order valence-electron chi connectivity index (χ3n) is 2.97. The smallest absolute Gasteiger partial charge is 0.127 e. The summed E-state index contributed by atoms with van der Waals surface area (Å²) in [7, 11) is 0. The van der Waals surface area contributed by atoms with Gasteiger partial charge in [-0.3, -0.25) is 0 Å². The minimum atomic E-state index is -0.0988. The van der Waals surface area contributed by atoms with Crippen LogP contribution >= 0.6 is 27.5 Å². The summed E-state index contributed by atoms with van der Waals surface area (Å²) in [4.78, 5) is 4.62. The average Bonchev–Trinajstić information content (AvgIpc) is 2.73. The Balaban J connectivity index is 2.31. The number of benzene rings is 1. The van der Waals surface area contributed by atoms with E-state index in [1.807, 2.05) is 26.0 Å². The molecular weight excluding hydrogens is 328 g/mol. The van der Waals surface area contributed by atoms with Crippen LogP contribution in [-0.2, 0) is 11.3 Å². The van der Waals surface area contributed by atoms with Gasteiger partial charge >= 0.3 is 0 Å². The molecule has 0 saturated carbocycles. The zero-order valence-corrected chi connectivity index (χ0v) is 13.5. The van der Waals surface area contributed by atoms with E-state index < -0.39 is 0 Å². The zero-order valence-electron chi connectivity index (χ0n) is 11.2. The number of aryl methyl sites for hydroxylation is 1. The molecule has 0 fully saturated rings. The Hall–Kier alpha value is -0.580. The monoisotopic (exact) mass is 344 g/mol. The first-order valence-corrected chi connectivity index (χ1v) is 7.74. The number of imidazole rings is 1. The van der Waals surface area contributed by atoms with Gasteiger partial charge in [0, 0.05) is 24.2 Å². The quantitative estimate of drug-likeness (QED) is 0.568. The van der Waals surface area contributed by atoms with Gasteiger partial charge in [-0.05, 0) is 38.5 Å². The van der Waals surface area contributed by atoms with E-state index in [0.717, 1.165) is 47.5 Å². The van der Waals surface area contributed by atoms with Crippen molar-refractivity contribution < 1.29 is 4.74 Å². The lowest BCUT2D eigenvalue weighted by Crippen LogP contribution is -2.07. The molecule has 2 aromatic rings. The highest BCUT2D eigenvalue weighted by atomic mass is 79.9. The number of aromatic nitrogens is 2. The number of fused-ring (bicyclic) bond motifs is 1. The first kappa shape index (κ1) is 14.8. The molecule has 19 heavy (non-hydrogen) atoms. The Kier molecular flexibility index (Phi) is 5.25. The largest absolute Gasteiger partial charge is 0.382 e.